The number of carbonyl (C=O) groups is 12. The summed E-state index contributed by atoms with van der Waals surface area (Å²) in [5.74, 6) is -10.2. The van der Waals surface area contributed by atoms with E-state index in [2.05, 4.69) is 0 Å². The standard InChI is InChI=1S/C28H56O14.11C2H4O2/c1-2-41-23(39)28(11-20-37,24(3-12-29,4-13-30)26(40,7-16-33)8-17-34)25(5-14-31,6-15-32)27(9-18-35,10-19-36)42-22-21-38;11*1-2(3)4/h29-38,40H,2-22H2,1H3;11*1H3,(H,3,4). The van der Waals surface area contributed by atoms with Crippen LogP contribution in [0.5, 0.6) is 0 Å². The summed E-state index contributed by atoms with van der Waals surface area (Å²) in [4.78, 5) is 114. The first-order valence-electron chi connectivity index (χ1n) is 24.9. The van der Waals surface area contributed by atoms with Gasteiger partial charge in [0.25, 0.3) is 65.7 Å². The van der Waals surface area contributed by atoms with Crippen molar-refractivity contribution in [3.8, 4) is 0 Å². The number of carboxylic acids is 11. The minimum Gasteiger partial charge on any atom is -0.481 e. The van der Waals surface area contributed by atoms with Gasteiger partial charge in [-0.25, -0.2) is 0 Å². The van der Waals surface area contributed by atoms with Gasteiger partial charge in [0.1, 0.15) is 0 Å². The van der Waals surface area contributed by atoms with Crippen LogP contribution in [0.2, 0.25) is 0 Å². The largest absolute Gasteiger partial charge is 0.481 e. The fourth-order valence-corrected chi connectivity index (χ4v) is 7.89. The molecule has 0 aromatic heterocycles. The first kappa shape index (κ1) is 107. The highest BCUT2D eigenvalue weighted by molar-refractivity contribution is 5.80. The molecule has 86 heavy (non-hydrogen) atoms. The Bertz CT molecular complexity index is 1470. The predicted molar refractivity (Wildman–Crippen MR) is 296 cm³/mol. The SMILES string of the molecule is CC(=O)O.CC(=O)O.CC(=O)O.CC(=O)O.CC(=O)O.CC(=O)O.CC(=O)O.CC(=O)O.CC(=O)O.CC(=O)O.CC(=O)O.CCOC(=O)C(CCO)(C(CCO)(CCO)C(O)(CCO)CCO)C(CCO)(CCO)C(CCO)(CCO)OCCO. The van der Waals surface area contributed by atoms with Gasteiger partial charge in [-0.1, -0.05) is 0 Å². The molecule has 1 unspecified atom stereocenters. The molecule has 516 valence electrons. The average Bonchev–Trinajstić information content (AvgIpc) is 3.28. The molecular formula is C50H100O36. The third-order valence-corrected chi connectivity index (χ3v) is 9.21. The highest BCUT2D eigenvalue weighted by Crippen LogP contribution is 2.70. The molecule has 0 amide bonds. The normalized spacial score (nSPS) is 10.4. The number of carbonyl (C=O) groups excluding carboxylic acids is 1. The fourth-order valence-electron chi connectivity index (χ4n) is 7.89. The first-order valence-corrected chi connectivity index (χ1v) is 24.9. The topological polar surface area (TPSA) is 668 Å². The van der Waals surface area contributed by atoms with Crippen LogP contribution in [0.3, 0.4) is 0 Å². The molecule has 0 saturated heterocycles. The summed E-state index contributed by atoms with van der Waals surface area (Å²) >= 11 is 0. The molecule has 0 aliphatic rings. The molecule has 1 atom stereocenters. The average molecular weight is 1280 g/mol. The minimum atomic E-state index is -2.29. The molecule has 0 bridgehead atoms. The van der Waals surface area contributed by atoms with Gasteiger partial charge in [0.05, 0.1) is 36.4 Å². The van der Waals surface area contributed by atoms with Gasteiger partial charge in [0, 0.05) is 159 Å². The molecule has 22 N–H and O–H groups in total. The summed E-state index contributed by atoms with van der Waals surface area (Å²) in [6.07, 6.45) is -3.79. The van der Waals surface area contributed by atoms with E-state index in [-0.39, 0.29) is 26.1 Å². The Morgan fingerprint density at radius 2 is 0.477 bits per heavy atom. The zero-order valence-electron chi connectivity index (χ0n) is 50.9. The number of aliphatic hydroxyl groups is 11. The monoisotopic (exact) mass is 1280 g/mol. The Hall–Kier alpha value is -6.84. The number of aliphatic carboxylic acids is 11. The molecule has 0 aliphatic heterocycles. The maximum atomic E-state index is 14.7. The number of esters is 1. The minimum absolute atomic E-state index is 0.211. The van der Waals surface area contributed by atoms with Crippen molar-refractivity contribution in [1.82, 2.24) is 0 Å². The second-order valence-corrected chi connectivity index (χ2v) is 16.4. The van der Waals surface area contributed by atoms with E-state index in [0.29, 0.717) is 0 Å². The third-order valence-electron chi connectivity index (χ3n) is 9.21. The van der Waals surface area contributed by atoms with Crippen LogP contribution in [0.1, 0.15) is 141 Å². The number of hydrogen-bond acceptors (Lipinski definition) is 25. The Balaban J connectivity index is -0.0000000987. The van der Waals surface area contributed by atoms with E-state index in [9.17, 15) is 61.0 Å². The van der Waals surface area contributed by atoms with Gasteiger partial charge in [-0.3, -0.25) is 57.5 Å². The van der Waals surface area contributed by atoms with Crippen molar-refractivity contribution in [2.24, 2.45) is 16.2 Å². The molecule has 36 heteroatoms. The Morgan fingerprint density at radius 3 is 0.640 bits per heavy atom. The van der Waals surface area contributed by atoms with E-state index in [1.807, 2.05) is 0 Å². The summed E-state index contributed by atoms with van der Waals surface area (Å²) in [6.45, 7) is 6.36. The van der Waals surface area contributed by atoms with E-state index in [1.165, 1.54) is 6.92 Å². The summed E-state index contributed by atoms with van der Waals surface area (Å²) in [5, 5.41) is 197. The fraction of sp³-hybridized carbons (Fsp3) is 0.760. The number of hydrogen-bond donors (Lipinski definition) is 22. The zero-order chi connectivity index (χ0) is 71.7. The molecule has 0 rings (SSSR count). The third kappa shape index (κ3) is 71.4. The van der Waals surface area contributed by atoms with Crippen LogP contribution >= 0.6 is 0 Å². The Morgan fingerprint density at radius 1 is 0.291 bits per heavy atom. The van der Waals surface area contributed by atoms with E-state index < -0.39 is 210 Å². The van der Waals surface area contributed by atoms with Gasteiger partial charge in [-0.05, 0) is 51.9 Å². The molecule has 0 aromatic rings. The van der Waals surface area contributed by atoms with Crippen molar-refractivity contribution in [1.29, 1.82) is 0 Å². The van der Waals surface area contributed by atoms with Gasteiger partial charge >= 0.3 is 5.97 Å². The van der Waals surface area contributed by atoms with Crippen LogP contribution in [0.25, 0.3) is 0 Å². The van der Waals surface area contributed by atoms with Crippen LogP contribution in [-0.2, 0) is 67.0 Å². The summed E-state index contributed by atoms with van der Waals surface area (Å²) < 4.78 is 11.8. The molecule has 0 radical (unpaired) electrons. The van der Waals surface area contributed by atoms with Crippen LogP contribution in [0, 0.1) is 16.2 Å². The molecule has 0 aliphatic carbocycles. The smallest absolute Gasteiger partial charge is 0.313 e. The summed E-state index contributed by atoms with van der Waals surface area (Å²) in [7, 11) is 0. The summed E-state index contributed by atoms with van der Waals surface area (Å²) in [5.41, 5.74) is -10.4. The maximum absolute atomic E-state index is 14.7. The molecule has 0 aromatic carbocycles. The van der Waals surface area contributed by atoms with Crippen LogP contribution in [-0.4, -0.2) is 274 Å². The molecule has 0 saturated carbocycles. The van der Waals surface area contributed by atoms with Crippen LogP contribution in [0.4, 0.5) is 0 Å². The van der Waals surface area contributed by atoms with Crippen molar-refractivity contribution < 1.29 is 179 Å². The van der Waals surface area contributed by atoms with E-state index in [4.69, 9.17) is 118 Å². The zero-order valence-corrected chi connectivity index (χ0v) is 50.9. The predicted octanol–water partition coefficient (Wildman–Crippen LogP) is -1.57. The maximum Gasteiger partial charge on any atom is 0.313 e. The highest BCUT2D eigenvalue weighted by atomic mass is 16.5. The number of rotatable bonds is 27. The quantitative estimate of drug-likeness (QED) is 0.0413. The van der Waals surface area contributed by atoms with Gasteiger partial charge in [-0.2, -0.15) is 0 Å². The Labute approximate surface area is 497 Å². The van der Waals surface area contributed by atoms with Gasteiger partial charge in [-0.15, -0.1) is 0 Å². The Kier molecular flexibility index (Phi) is 85.9. The lowest BCUT2D eigenvalue weighted by Crippen LogP contribution is -2.74. The van der Waals surface area contributed by atoms with Gasteiger partial charge in [0.2, 0.25) is 0 Å². The number of carboxylic acid groups (broad SMARTS) is 11. The molecule has 0 heterocycles. The van der Waals surface area contributed by atoms with Crippen molar-refractivity contribution in [3.05, 3.63) is 0 Å². The second kappa shape index (κ2) is 68.9. The van der Waals surface area contributed by atoms with Crippen molar-refractivity contribution in [2.75, 3.05) is 79.3 Å². The molecular weight excluding hydrogens is 1180 g/mol. The first-order chi connectivity index (χ1) is 39.1. The molecule has 36 nitrogen and oxygen atoms in total. The van der Waals surface area contributed by atoms with E-state index in [0.717, 1.165) is 76.2 Å². The molecule has 0 spiro atoms. The van der Waals surface area contributed by atoms with Crippen LogP contribution < -0.4 is 0 Å². The lowest BCUT2D eigenvalue weighted by molar-refractivity contribution is -0.293. The van der Waals surface area contributed by atoms with Gasteiger partial charge in [0.15, 0.2) is 0 Å². The lowest BCUT2D eigenvalue weighted by atomic mass is 9.37. The lowest BCUT2D eigenvalue weighted by Gasteiger charge is -2.68. The van der Waals surface area contributed by atoms with Crippen LogP contribution in [0.15, 0.2) is 0 Å². The van der Waals surface area contributed by atoms with Crippen molar-refractivity contribution in [3.63, 3.8) is 0 Å². The number of aliphatic hydroxyl groups excluding tert-OH is 10. The van der Waals surface area contributed by atoms with Crippen molar-refractivity contribution in [2.45, 2.75) is 152 Å². The highest BCUT2D eigenvalue weighted by Gasteiger charge is 2.76. The van der Waals surface area contributed by atoms with E-state index in [1.54, 1.807) is 0 Å². The van der Waals surface area contributed by atoms with Crippen molar-refractivity contribution >= 4 is 71.6 Å². The summed E-state index contributed by atoms with van der Waals surface area (Å²) in [6, 6.07) is 0. The molecule has 0 fully saturated rings. The second-order valence-electron chi connectivity index (χ2n) is 16.4. The van der Waals surface area contributed by atoms with E-state index >= 15 is 0 Å². The van der Waals surface area contributed by atoms with Gasteiger partial charge < -0.3 is 122 Å². The number of ether oxygens (including phenoxy) is 2.